The van der Waals surface area contributed by atoms with Gasteiger partial charge in [0.25, 0.3) is 11.8 Å². The first-order valence-corrected chi connectivity index (χ1v) is 11.4. The number of nitrogens with one attached hydrogen (secondary N) is 2. The van der Waals surface area contributed by atoms with Gasteiger partial charge in [0.1, 0.15) is 0 Å². The molecule has 0 aromatic heterocycles. The maximum Gasteiger partial charge on any atom is 0.271 e. The van der Waals surface area contributed by atoms with Crippen molar-refractivity contribution in [2.24, 2.45) is 5.10 Å². The third kappa shape index (κ3) is 7.09. The number of carbonyl (C=O) groups excluding carboxylic acids is 2. The zero-order valence-electron chi connectivity index (χ0n) is 19.3. The minimum Gasteiger partial charge on any atom is -0.493 e. The topological polar surface area (TPSA) is 107 Å². The van der Waals surface area contributed by atoms with Crippen LogP contribution in [0.5, 0.6) is 23.0 Å². The van der Waals surface area contributed by atoms with Crippen molar-refractivity contribution in [3.05, 3.63) is 75.4 Å². The summed E-state index contributed by atoms with van der Waals surface area (Å²) in [7, 11) is 4.52. The molecule has 3 aromatic carbocycles. The Bertz CT molecular complexity index is 1220. The molecule has 35 heavy (non-hydrogen) atoms. The van der Waals surface area contributed by atoms with Crippen LogP contribution in [0.4, 0.5) is 5.69 Å². The lowest BCUT2D eigenvalue weighted by Crippen LogP contribution is -2.20. The van der Waals surface area contributed by atoms with Crippen molar-refractivity contribution in [3.63, 3.8) is 0 Å². The Labute approximate surface area is 216 Å². The van der Waals surface area contributed by atoms with E-state index in [-0.39, 0.29) is 12.5 Å². The predicted octanol–water partition coefficient (Wildman–Crippen LogP) is 4.10. The summed E-state index contributed by atoms with van der Waals surface area (Å²) < 4.78 is 22.2. The second-order valence-electron chi connectivity index (χ2n) is 7.01. The fraction of sp³-hybridized carbons (Fsp3) is 0.160. The number of methoxy groups -OCH3 is 3. The first-order valence-electron chi connectivity index (χ1n) is 10.4. The molecule has 182 valence electrons. The molecule has 10 heteroatoms. The fourth-order valence-corrected chi connectivity index (χ4v) is 3.80. The lowest BCUT2D eigenvalue weighted by atomic mass is 10.2. The molecule has 2 amide bonds. The number of hydrogen-bond donors (Lipinski definition) is 2. The predicted molar refractivity (Wildman–Crippen MR) is 141 cm³/mol. The Hall–Kier alpha value is -3.80. The maximum atomic E-state index is 12.4. The van der Waals surface area contributed by atoms with Gasteiger partial charge in [-0.25, -0.2) is 5.43 Å². The van der Waals surface area contributed by atoms with Gasteiger partial charge < -0.3 is 24.3 Å². The van der Waals surface area contributed by atoms with Crippen LogP contribution in [-0.2, 0) is 4.79 Å². The van der Waals surface area contributed by atoms with Crippen LogP contribution in [0.15, 0.2) is 65.8 Å². The van der Waals surface area contributed by atoms with Gasteiger partial charge in [-0.3, -0.25) is 9.59 Å². The minimum absolute atomic E-state index is 0.184. The number of hydrazone groups is 1. The SMILES string of the molecule is COc1ccc(C(=O)N/N=C/c2cc(I)c(OCC(=O)Nc3ccccc3)c(OC)c2)cc1OC. The van der Waals surface area contributed by atoms with E-state index >= 15 is 0 Å². The summed E-state index contributed by atoms with van der Waals surface area (Å²) in [6.07, 6.45) is 1.48. The number of ether oxygens (including phenoxy) is 4. The van der Waals surface area contributed by atoms with Crippen LogP contribution in [0.2, 0.25) is 0 Å². The first kappa shape index (κ1) is 25.8. The molecule has 0 aliphatic rings. The summed E-state index contributed by atoms with van der Waals surface area (Å²) >= 11 is 2.08. The summed E-state index contributed by atoms with van der Waals surface area (Å²) in [5.74, 6) is 1.12. The van der Waals surface area contributed by atoms with Gasteiger partial charge in [-0.1, -0.05) is 18.2 Å². The van der Waals surface area contributed by atoms with Crippen molar-refractivity contribution in [2.45, 2.75) is 0 Å². The number of rotatable bonds is 10. The Kier molecular flexibility index (Phi) is 9.30. The fourth-order valence-electron chi connectivity index (χ4n) is 3.02. The molecule has 0 saturated heterocycles. The smallest absolute Gasteiger partial charge is 0.271 e. The van der Waals surface area contributed by atoms with Crippen molar-refractivity contribution in [3.8, 4) is 23.0 Å². The molecule has 2 N–H and O–H groups in total. The molecule has 3 aromatic rings. The molecular weight excluding hydrogens is 565 g/mol. The Morgan fingerprint density at radius 1 is 0.914 bits per heavy atom. The molecular formula is C25H24IN3O6. The molecule has 0 bridgehead atoms. The van der Waals surface area contributed by atoms with Gasteiger partial charge in [0.05, 0.1) is 31.1 Å². The Balaban J connectivity index is 1.64. The van der Waals surface area contributed by atoms with Crippen molar-refractivity contribution in [2.75, 3.05) is 33.3 Å². The van der Waals surface area contributed by atoms with Crippen LogP contribution < -0.4 is 29.7 Å². The van der Waals surface area contributed by atoms with E-state index in [1.165, 1.54) is 27.5 Å². The van der Waals surface area contributed by atoms with E-state index < -0.39 is 5.91 Å². The molecule has 0 radical (unpaired) electrons. The monoisotopic (exact) mass is 589 g/mol. The molecule has 0 aliphatic heterocycles. The normalized spacial score (nSPS) is 10.5. The first-order chi connectivity index (χ1) is 16.9. The van der Waals surface area contributed by atoms with E-state index in [1.54, 1.807) is 42.5 Å². The van der Waals surface area contributed by atoms with Crippen LogP contribution in [0.1, 0.15) is 15.9 Å². The minimum atomic E-state index is -0.409. The average molecular weight is 589 g/mol. The third-order valence-corrected chi connectivity index (χ3v) is 5.48. The van der Waals surface area contributed by atoms with E-state index in [0.29, 0.717) is 43.4 Å². The number of benzene rings is 3. The summed E-state index contributed by atoms with van der Waals surface area (Å²) in [5.41, 5.74) is 4.19. The molecule has 0 spiro atoms. The summed E-state index contributed by atoms with van der Waals surface area (Å²) in [4.78, 5) is 24.6. The second kappa shape index (κ2) is 12.6. The van der Waals surface area contributed by atoms with Gasteiger partial charge in [-0.05, 0) is 70.6 Å². The lowest BCUT2D eigenvalue weighted by Gasteiger charge is -2.13. The molecule has 0 fully saturated rings. The van der Waals surface area contributed by atoms with E-state index in [2.05, 4.69) is 38.4 Å². The van der Waals surface area contributed by atoms with Gasteiger partial charge in [0, 0.05) is 11.3 Å². The zero-order valence-corrected chi connectivity index (χ0v) is 21.5. The van der Waals surface area contributed by atoms with Crippen molar-refractivity contribution in [1.29, 1.82) is 0 Å². The number of carbonyl (C=O) groups is 2. The lowest BCUT2D eigenvalue weighted by molar-refractivity contribution is -0.118. The second-order valence-corrected chi connectivity index (χ2v) is 8.17. The summed E-state index contributed by atoms with van der Waals surface area (Å²) in [6, 6.07) is 17.4. The van der Waals surface area contributed by atoms with E-state index in [1.807, 2.05) is 18.2 Å². The highest BCUT2D eigenvalue weighted by atomic mass is 127. The maximum absolute atomic E-state index is 12.4. The zero-order chi connectivity index (χ0) is 25.2. The number of hydrogen-bond acceptors (Lipinski definition) is 7. The number of nitrogens with zero attached hydrogens (tertiary/aromatic N) is 1. The molecule has 0 atom stereocenters. The van der Waals surface area contributed by atoms with Crippen LogP contribution in [0.3, 0.4) is 0 Å². The van der Waals surface area contributed by atoms with Gasteiger partial charge in [-0.15, -0.1) is 0 Å². The highest BCUT2D eigenvalue weighted by Gasteiger charge is 2.14. The van der Waals surface area contributed by atoms with Gasteiger partial charge >= 0.3 is 0 Å². The summed E-state index contributed by atoms with van der Waals surface area (Å²) in [6.45, 7) is -0.184. The standard InChI is InChI=1S/C25H24IN3O6/c1-32-20-10-9-17(13-21(20)33-2)25(31)29-27-14-16-11-19(26)24(22(12-16)34-3)35-15-23(30)28-18-7-5-4-6-8-18/h4-14H,15H2,1-3H3,(H,28,30)(H,29,31)/b27-14+. The van der Waals surface area contributed by atoms with Crippen LogP contribution >= 0.6 is 22.6 Å². The Morgan fingerprint density at radius 2 is 1.63 bits per heavy atom. The van der Waals surface area contributed by atoms with Crippen molar-refractivity contribution >= 4 is 46.3 Å². The number of amides is 2. The molecule has 3 rings (SSSR count). The summed E-state index contributed by atoms with van der Waals surface area (Å²) in [5, 5.41) is 6.79. The molecule has 0 aliphatic carbocycles. The van der Waals surface area contributed by atoms with Gasteiger partial charge in [0.15, 0.2) is 29.6 Å². The van der Waals surface area contributed by atoms with Crippen LogP contribution in [-0.4, -0.2) is 46.0 Å². The molecule has 0 saturated carbocycles. The third-order valence-electron chi connectivity index (χ3n) is 4.68. The molecule has 9 nitrogen and oxygen atoms in total. The van der Waals surface area contributed by atoms with Gasteiger partial charge in [-0.2, -0.15) is 5.10 Å². The van der Waals surface area contributed by atoms with E-state index in [9.17, 15) is 9.59 Å². The average Bonchev–Trinajstić information content (AvgIpc) is 2.87. The highest BCUT2D eigenvalue weighted by molar-refractivity contribution is 14.1. The van der Waals surface area contributed by atoms with Crippen LogP contribution in [0, 0.1) is 3.57 Å². The van der Waals surface area contributed by atoms with Gasteiger partial charge in [0.2, 0.25) is 0 Å². The number of halogens is 1. The quantitative estimate of drug-likeness (QED) is 0.210. The molecule has 0 unspecified atom stereocenters. The largest absolute Gasteiger partial charge is 0.493 e. The van der Waals surface area contributed by atoms with Crippen molar-refractivity contribution < 1.29 is 28.5 Å². The van der Waals surface area contributed by atoms with Crippen molar-refractivity contribution in [1.82, 2.24) is 5.43 Å². The van der Waals surface area contributed by atoms with E-state index in [4.69, 9.17) is 18.9 Å². The highest BCUT2D eigenvalue weighted by Crippen LogP contribution is 2.33. The number of anilines is 1. The molecule has 0 heterocycles. The van der Waals surface area contributed by atoms with E-state index in [0.717, 1.165) is 0 Å². The Morgan fingerprint density at radius 3 is 2.31 bits per heavy atom. The van der Waals surface area contributed by atoms with Crippen LogP contribution in [0.25, 0.3) is 0 Å². The number of para-hydroxylation sites is 1.